The van der Waals surface area contributed by atoms with Crippen molar-refractivity contribution in [3.63, 3.8) is 0 Å². The van der Waals surface area contributed by atoms with E-state index in [0.29, 0.717) is 47.1 Å². The number of ether oxygens (including phenoxy) is 2. The third kappa shape index (κ3) is 4.11. The van der Waals surface area contributed by atoms with Crippen molar-refractivity contribution in [3.8, 4) is 22.8 Å². The van der Waals surface area contributed by atoms with Crippen molar-refractivity contribution >= 4 is 28.8 Å². The summed E-state index contributed by atoms with van der Waals surface area (Å²) in [4.78, 5) is 32.2. The lowest BCUT2D eigenvalue weighted by Gasteiger charge is -2.13. The van der Waals surface area contributed by atoms with Gasteiger partial charge in [-0.2, -0.15) is 0 Å². The average Bonchev–Trinajstić information content (AvgIpc) is 3.52. The Morgan fingerprint density at radius 3 is 2.77 bits per heavy atom. The van der Waals surface area contributed by atoms with Gasteiger partial charge in [-0.3, -0.25) is 9.59 Å². The molecule has 3 aromatic rings. The smallest absolute Gasteiger partial charge is 0.268 e. The molecule has 0 radical (unpaired) electrons. The van der Waals surface area contributed by atoms with Gasteiger partial charge in [-0.25, -0.2) is 4.98 Å². The zero-order chi connectivity index (χ0) is 21.2. The molecule has 7 nitrogen and oxygen atoms in total. The van der Waals surface area contributed by atoms with E-state index in [1.54, 1.807) is 18.2 Å². The number of thiazole rings is 1. The Bertz CT molecular complexity index is 1130. The molecule has 0 spiro atoms. The molecule has 1 fully saturated rings. The first kappa shape index (κ1) is 19.6. The van der Waals surface area contributed by atoms with Crippen LogP contribution in [0.25, 0.3) is 11.3 Å². The van der Waals surface area contributed by atoms with Crippen LogP contribution < -0.4 is 14.8 Å². The van der Waals surface area contributed by atoms with E-state index in [1.165, 1.54) is 11.3 Å². The summed E-state index contributed by atoms with van der Waals surface area (Å²) in [5.41, 5.74) is 2.18. The van der Waals surface area contributed by atoms with E-state index in [-0.39, 0.29) is 18.6 Å². The van der Waals surface area contributed by atoms with Crippen molar-refractivity contribution in [1.29, 1.82) is 0 Å². The van der Waals surface area contributed by atoms with Gasteiger partial charge in [0.15, 0.2) is 11.5 Å². The molecule has 2 amide bonds. The molecule has 3 heterocycles. The lowest BCUT2D eigenvalue weighted by molar-refractivity contribution is -0.127. The molecular formula is C23H21N3O4S. The highest BCUT2D eigenvalue weighted by atomic mass is 32.1. The molecule has 158 valence electrons. The van der Waals surface area contributed by atoms with Crippen molar-refractivity contribution in [1.82, 2.24) is 9.88 Å². The number of hydrogen-bond donors (Lipinski definition) is 1. The second-order valence-electron chi connectivity index (χ2n) is 7.41. The number of amides is 2. The number of hydrogen-bond acceptors (Lipinski definition) is 6. The number of aromatic nitrogens is 1. The molecule has 0 unspecified atom stereocenters. The lowest BCUT2D eigenvalue weighted by Crippen LogP contribution is -2.26. The van der Waals surface area contributed by atoms with Gasteiger partial charge in [-0.1, -0.05) is 30.3 Å². The Morgan fingerprint density at radius 1 is 1.13 bits per heavy atom. The topological polar surface area (TPSA) is 80.8 Å². The van der Waals surface area contributed by atoms with Crippen molar-refractivity contribution < 1.29 is 19.1 Å². The summed E-state index contributed by atoms with van der Waals surface area (Å²) in [6.07, 6.45) is 2.17. The fraction of sp³-hybridized carbons (Fsp3) is 0.261. The maximum atomic E-state index is 13.2. The van der Waals surface area contributed by atoms with Gasteiger partial charge in [0.1, 0.15) is 4.88 Å². The molecule has 0 aliphatic carbocycles. The predicted molar refractivity (Wildman–Crippen MR) is 118 cm³/mol. The summed E-state index contributed by atoms with van der Waals surface area (Å²) in [5, 5.41) is 3.79. The molecule has 1 aromatic heterocycles. The average molecular weight is 436 g/mol. The van der Waals surface area contributed by atoms with Crippen LogP contribution in [0, 0.1) is 0 Å². The van der Waals surface area contributed by atoms with Crippen LogP contribution in [0.15, 0.2) is 48.5 Å². The van der Waals surface area contributed by atoms with Gasteiger partial charge >= 0.3 is 0 Å². The molecule has 31 heavy (non-hydrogen) atoms. The van der Waals surface area contributed by atoms with E-state index in [9.17, 15) is 9.59 Å². The first-order valence-corrected chi connectivity index (χ1v) is 11.0. The molecule has 0 atom stereocenters. The monoisotopic (exact) mass is 435 g/mol. The van der Waals surface area contributed by atoms with Crippen molar-refractivity contribution in [2.75, 3.05) is 25.2 Å². The SMILES string of the molecule is O=C(Nc1ccc2c(c1)OCO2)c1sc(CCN2CCCC2=O)nc1-c1ccccc1. The van der Waals surface area contributed by atoms with Crippen molar-refractivity contribution in [3.05, 3.63) is 58.4 Å². The summed E-state index contributed by atoms with van der Waals surface area (Å²) in [7, 11) is 0. The number of benzene rings is 2. The first-order valence-electron chi connectivity index (χ1n) is 10.2. The highest BCUT2D eigenvalue weighted by Gasteiger charge is 2.23. The van der Waals surface area contributed by atoms with E-state index in [0.717, 1.165) is 23.5 Å². The first-order chi connectivity index (χ1) is 15.2. The van der Waals surface area contributed by atoms with E-state index in [4.69, 9.17) is 14.5 Å². The standard InChI is InChI=1S/C23H21N3O4S/c27-20-7-4-11-26(20)12-10-19-25-21(15-5-2-1-3-6-15)22(31-19)23(28)24-16-8-9-17-18(13-16)30-14-29-17/h1-3,5-6,8-9,13H,4,7,10-12,14H2,(H,24,28). The molecule has 2 aliphatic heterocycles. The fourth-order valence-electron chi connectivity index (χ4n) is 3.75. The largest absolute Gasteiger partial charge is 0.454 e. The highest BCUT2D eigenvalue weighted by Crippen LogP contribution is 2.35. The molecule has 2 aromatic carbocycles. The zero-order valence-corrected chi connectivity index (χ0v) is 17.6. The number of carbonyl (C=O) groups excluding carboxylic acids is 2. The van der Waals surface area contributed by atoms with Crippen LogP contribution in [0.5, 0.6) is 11.5 Å². The van der Waals surface area contributed by atoms with E-state index in [2.05, 4.69) is 5.32 Å². The lowest BCUT2D eigenvalue weighted by atomic mass is 10.1. The summed E-state index contributed by atoms with van der Waals surface area (Å²) < 4.78 is 10.7. The number of rotatable bonds is 6. The van der Waals surface area contributed by atoms with Gasteiger partial charge in [0.05, 0.1) is 10.7 Å². The molecule has 2 aliphatic rings. The minimum Gasteiger partial charge on any atom is -0.454 e. The maximum absolute atomic E-state index is 13.2. The van der Waals surface area contributed by atoms with Crippen molar-refractivity contribution in [2.45, 2.75) is 19.3 Å². The van der Waals surface area contributed by atoms with Crippen LogP contribution in [0.4, 0.5) is 5.69 Å². The number of nitrogens with one attached hydrogen (secondary N) is 1. The predicted octanol–water partition coefficient (Wildman–Crippen LogP) is 3.96. The third-order valence-electron chi connectivity index (χ3n) is 5.32. The number of likely N-dealkylation sites (tertiary alicyclic amines) is 1. The van der Waals surface area contributed by atoms with Crippen LogP contribution in [0.2, 0.25) is 0 Å². The maximum Gasteiger partial charge on any atom is 0.268 e. The van der Waals surface area contributed by atoms with Crippen LogP contribution in [0.3, 0.4) is 0 Å². The molecule has 0 bridgehead atoms. The quantitative estimate of drug-likeness (QED) is 0.634. The summed E-state index contributed by atoms with van der Waals surface area (Å²) in [6.45, 7) is 1.61. The number of carbonyl (C=O) groups is 2. The van der Waals surface area contributed by atoms with E-state index < -0.39 is 0 Å². The molecular weight excluding hydrogens is 414 g/mol. The summed E-state index contributed by atoms with van der Waals surface area (Å²) in [6, 6.07) is 15.0. The van der Waals surface area contributed by atoms with Gasteiger partial charge in [-0.05, 0) is 18.6 Å². The fourth-order valence-corrected chi connectivity index (χ4v) is 4.72. The highest BCUT2D eigenvalue weighted by molar-refractivity contribution is 7.14. The zero-order valence-electron chi connectivity index (χ0n) is 16.8. The van der Waals surface area contributed by atoms with Crippen LogP contribution in [0.1, 0.15) is 27.5 Å². The molecule has 1 N–H and O–H groups in total. The Kier molecular flexibility index (Phi) is 5.30. The van der Waals surface area contributed by atoms with Gasteiger partial charge < -0.3 is 19.7 Å². The Labute approximate surface area is 183 Å². The van der Waals surface area contributed by atoms with Crippen molar-refractivity contribution in [2.24, 2.45) is 0 Å². The number of anilines is 1. The Balaban J connectivity index is 1.39. The Hall–Kier alpha value is -3.39. The molecule has 0 saturated carbocycles. The molecule has 1 saturated heterocycles. The second-order valence-corrected chi connectivity index (χ2v) is 8.49. The van der Waals surface area contributed by atoms with Gasteiger partial charge in [0, 0.05) is 43.2 Å². The third-order valence-corrected chi connectivity index (χ3v) is 6.44. The normalized spacial score (nSPS) is 14.8. The van der Waals surface area contributed by atoms with Gasteiger partial charge in [-0.15, -0.1) is 11.3 Å². The van der Waals surface area contributed by atoms with E-state index >= 15 is 0 Å². The minimum atomic E-state index is -0.223. The Morgan fingerprint density at radius 2 is 1.97 bits per heavy atom. The van der Waals surface area contributed by atoms with Gasteiger partial charge in [0.2, 0.25) is 12.7 Å². The number of nitrogens with zero attached hydrogens (tertiary/aromatic N) is 2. The van der Waals surface area contributed by atoms with Crippen LogP contribution in [-0.4, -0.2) is 41.6 Å². The summed E-state index contributed by atoms with van der Waals surface area (Å²) >= 11 is 1.37. The van der Waals surface area contributed by atoms with Crippen LogP contribution >= 0.6 is 11.3 Å². The van der Waals surface area contributed by atoms with Gasteiger partial charge in [0.25, 0.3) is 5.91 Å². The number of fused-ring (bicyclic) bond motifs is 1. The molecule has 5 rings (SSSR count). The molecule has 8 heteroatoms. The second kappa shape index (κ2) is 8.39. The van der Waals surface area contributed by atoms with Crippen LogP contribution in [-0.2, 0) is 11.2 Å². The minimum absolute atomic E-state index is 0.183. The summed E-state index contributed by atoms with van der Waals surface area (Å²) in [5.74, 6) is 1.25. The van der Waals surface area contributed by atoms with E-state index in [1.807, 2.05) is 35.2 Å².